The summed E-state index contributed by atoms with van der Waals surface area (Å²) in [5.41, 5.74) is 2.70. The van der Waals surface area contributed by atoms with E-state index in [1.807, 2.05) is 36.6 Å². The maximum atomic E-state index is 6.07. The van der Waals surface area contributed by atoms with Crippen LogP contribution in [0.15, 0.2) is 42.0 Å². The van der Waals surface area contributed by atoms with E-state index in [0.717, 1.165) is 59.7 Å². The number of nitrogens with one attached hydrogen (secondary N) is 1. The lowest BCUT2D eigenvalue weighted by Gasteiger charge is -2.23. The van der Waals surface area contributed by atoms with Crippen LogP contribution in [0.3, 0.4) is 0 Å². The first kappa shape index (κ1) is 16.9. The number of rotatable bonds is 5. The fourth-order valence-corrected chi connectivity index (χ4v) is 3.48. The van der Waals surface area contributed by atoms with Crippen molar-refractivity contribution in [3.05, 3.63) is 47.6 Å². The Labute approximate surface area is 156 Å². The van der Waals surface area contributed by atoms with Crippen LogP contribution < -0.4 is 10.1 Å². The average molecular weight is 368 g/mol. The molecule has 7 heteroatoms. The van der Waals surface area contributed by atoms with E-state index in [1.165, 1.54) is 11.3 Å². The number of thiazole rings is 1. The first-order chi connectivity index (χ1) is 12.8. The lowest BCUT2D eigenvalue weighted by atomic mass is 10.1. The Hall–Kier alpha value is -2.51. The third-order valence-electron chi connectivity index (χ3n) is 4.20. The Bertz CT molecular complexity index is 877. The van der Waals surface area contributed by atoms with Crippen molar-refractivity contribution < 1.29 is 9.47 Å². The predicted molar refractivity (Wildman–Crippen MR) is 102 cm³/mol. The molecular formula is C19H20N4O2S. The first-order valence-electron chi connectivity index (χ1n) is 8.63. The molecule has 0 aromatic carbocycles. The van der Waals surface area contributed by atoms with E-state index in [4.69, 9.17) is 9.47 Å². The molecule has 0 unspecified atom stereocenters. The van der Waals surface area contributed by atoms with Crippen LogP contribution in [-0.2, 0) is 4.74 Å². The molecule has 0 aliphatic carbocycles. The highest BCUT2D eigenvalue weighted by Gasteiger charge is 2.16. The molecule has 0 amide bonds. The molecule has 0 saturated carbocycles. The van der Waals surface area contributed by atoms with Crippen molar-refractivity contribution in [2.45, 2.75) is 25.9 Å². The molecule has 3 aromatic heterocycles. The fraction of sp³-hybridized carbons (Fsp3) is 0.316. The number of pyridine rings is 2. The number of anilines is 2. The smallest absolute Gasteiger partial charge is 0.188 e. The Balaban J connectivity index is 1.48. The second kappa shape index (κ2) is 7.80. The molecule has 1 aliphatic heterocycles. The van der Waals surface area contributed by atoms with Crippen LogP contribution in [0.4, 0.5) is 10.9 Å². The van der Waals surface area contributed by atoms with E-state index in [-0.39, 0.29) is 6.10 Å². The standard InChI is InChI=1S/C19H20N4O2S/c1-13-3-2-7-21-18(13)23-19-22-17(12-26-19)16-11-15(4-8-20-16)25-14-5-9-24-10-6-14/h2-4,7-8,11-12,14H,5-6,9-10H2,1H3,(H,21,22,23). The van der Waals surface area contributed by atoms with Crippen molar-refractivity contribution in [3.63, 3.8) is 0 Å². The van der Waals surface area contributed by atoms with Gasteiger partial charge in [0.15, 0.2) is 5.13 Å². The van der Waals surface area contributed by atoms with Crippen LogP contribution >= 0.6 is 11.3 Å². The molecule has 0 radical (unpaired) electrons. The zero-order valence-electron chi connectivity index (χ0n) is 14.5. The lowest BCUT2D eigenvalue weighted by molar-refractivity contribution is 0.0255. The molecule has 0 bridgehead atoms. The second-order valence-corrected chi connectivity index (χ2v) is 7.00. The third-order valence-corrected chi connectivity index (χ3v) is 4.96. The van der Waals surface area contributed by atoms with Gasteiger partial charge in [-0.3, -0.25) is 4.98 Å². The highest BCUT2D eigenvalue weighted by Crippen LogP contribution is 2.28. The zero-order chi connectivity index (χ0) is 17.8. The number of nitrogens with zero attached hydrogens (tertiary/aromatic N) is 3. The zero-order valence-corrected chi connectivity index (χ0v) is 15.3. The Morgan fingerprint density at radius 2 is 2.04 bits per heavy atom. The van der Waals surface area contributed by atoms with Gasteiger partial charge in [-0.2, -0.15) is 0 Å². The van der Waals surface area contributed by atoms with Crippen LogP contribution in [0.5, 0.6) is 5.75 Å². The van der Waals surface area contributed by atoms with Crippen LogP contribution in [0.2, 0.25) is 0 Å². The minimum absolute atomic E-state index is 0.207. The Kier molecular flexibility index (Phi) is 5.08. The van der Waals surface area contributed by atoms with E-state index in [2.05, 4.69) is 20.3 Å². The van der Waals surface area contributed by atoms with Crippen molar-refractivity contribution in [1.29, 1.82) is 0 Å². The van der Waals surface area contributed by atoms with Gasteiger partial charge in [-0.25, -0.2) is 9.97 Å². The molecule has 1 saturated heterocycles. The van der Waals surface area contributed by atoms with Crippen molar-refractivity contribution in [2.75, 3.05) is 18.5 Å². The third kappa shape index (κ3) is 4.00. The van der Waals surface area contributed by atoms with Gasteiger partial charge in [0.1, 0.15) is 23.4 Å². The molecule has 6 nitrogen and oxygen atoms in total. The Morgan fingerprint density at radius 3 is 2.88 bits per heavy atom. The highest BCUT2D eigenvalue weighted by atomic mass is 32.1. The molecule has 4 heterocycles. The first-order valence-corrected chi connectivity index (χ1v) is 9.51. The highest BCUT2D eigenvalue weighted by molar-refractivity contribution is 7.14. The van der Waals surface area contributed by atoms with E-state index in [0.29, 0.717) is 0 Å². The van der Waals surface area contributed by atoms with Gasteiger partial charge in [0.05, 0.1) is 18.9 Å². The van der Waals surface area contributed by atoms with E-state index >= 15 is 0 Å². The largest absolute Gasteiger partial charge is 0.490 e. The minimum Gasteiger partial charge on any atom is -0.490 e. The van der Waals surface area contributed by atoms with Gasteiger partial charge in [-0.1, -0.05) is 6.07 Å². The SMILES string of the molecule is Cc1cccnc1Nc1nc(-c2cc(OC3CCOCC3)ccn2)cs1. The fourth-order valence-electron chi connectivity index (χ4n) is 2.78. The molecule has 0 atom stereocenters. The summed E-state index contributed by atoms with van der Waals surface area (Å²) in [5, 5.41) is 6.04. The molecule has 1 fully saturated rings. The van der Waals surface area contributed by atoms with Crippen molar-refractivity contribution >= 4 is 22.3 Å². The number of aromatic nitrogens is 3. The van der Waals surface area contributed by atoms with E-state index in [9.17, 15) is 0 Å². The number of ether oxygens (including phenoxy) is 2. The summed E-state index contributed by atoms with van der Waals surface area (Å²) in [4.78, 5) is 13.4. The summed E-state index contributed by atoms with van der Waals surface area (Å²) in [6, 6.07) is 7.77. The summed E-state index contributed by atoms with van der Waals surface area (Å²) in [7, 11) is 0. The molecular weight excluding hydrogens is 348 g/mol. The number of hydrogen-bond acceptors (Lipinski definition) is 7. The minimum atomic E-state index is 0.207. The van der Waals surface area contributed by atoms with Crippen LogP contribution in [0.1, 0.15) is 18.4 Å². The summed E-state index contributed by atoms with van der Waals surface area (Å²) < 4.78 is 11.4. The van der Waals surface area contributed by atoms with Crippen molar-refractivity contribution in [2.24, 2.45) is 0 Å². The molecule has 0 spiro atoms. The van der Waals surface area contributed by atoms with Gasteiger partial charge in [0, 0.05) is 36.7 Å². The molecule has 1 N–H and O–H groups in total. The number of aryl methyl sites for hydroxylation is 1. The average Bonchev–Trinajstić information content (AvgIpc) is 3.13. The van der Waals surface area contributed by atoms with Gasteiger partial charge >= 0.3 is 0 Å². The van der Waals surface area contributed by atoms with E-state index in [1.54, 1.807) is 12.4 Å². The summed E-state index contributed by atoms with van der Waals surface area (Å²) in [6.07, 6.45) is 5.58. The van der Waals surface area contributed by atoms with Crippen LogP contribution in [0.25, 0.3) is 11.4 Å². The predicted octanol–water partition coefficient (Wildman–Crippen LogP) is 4.21. The maximum Gasteiger partial charge on any atom is 0.188 e. The molecule has 4 rings (SSSR count). The van der Waals surface area contributed by atoms with Gasteiger partial charge in [-0.15, -0.1) is 11.3 Å². The molecule has 26 heavy (non-hydrogen) atoms. The quantitative estimate of drug-likeness (QED) is 0.727. The number of hydrogen-bond donors (Lipinski definition) is 1. The van der Waals surface area contributed by atoms with Gasteiger partial charge in [0.2, 0.25) is 0 Å². The summed E-state index contributed by atoms with van der Waals surface area (Å²) in [6.45, 7) is 3.54. The lowest BCUT2D eigenvalue weighted by Crippen LogP contribution is -2.25. The normalized spacial score (nSPS) is 15.0. The molecule has 134 valence electrons. The molecule has 3 aromatic rings. The van der Waals surface area contributed by atoms with Crippen molar-refractivity contribution in [1.82, 2.24) is 15.0 Å². The summed E-state index contributed by atoms with van der Waals surface area (Å²) in [5.74, 6) is 1.64. The van der Waals surface area contributed by atoms with Gasteiger partial charge < -0.3 is 14.8 Å². The maximum absolute atomic E-state index is 6.07. The van der Waals surface area contributed by atoms with E-state index < -0.39 is 0 Å². The molecule has 1 aliphatic rings. The topological polar surface area (TPSA) is 69.2 Å². The van der Waals surface area contributed by atoms with Gasteiger partial charge in [-0.05, 0) is 24.6 Å². The second-order valence-electron chi connectivity index (χ2n) is 6.14. The Morgan fingerprint density at radius 1 is 1.15 bits per heavy atom. The van der Waals surface area contributed by atoms with Crippen molar-refractivity contribution in [3.8, 4) is 17.1 Å². The van der Waals surface area contributed by atoms with Crippen LogP contribution in [0, 0.1) is 6.92 Å². The van der Waals surface area contributed by atoms with Gasteiger partial charge in [0.25, 0.3) is 0 Å². The van der Waals surface area contributed by atoms with Crippen LogP contribution in [-0.4, -0.2) is 34.3 Å². The monoisotopic (exact) mass is 368 g/mol. The summed E-state index contributed by atoms with van der Waals surface area (Å²) >= 11 is 1.53.